The molecule has 0 aromatic heterocycles. The fourth-order valence-electron chi connectivity index (χ4n) is 4.70. The first-order valence-corrected chi connectivity index (χ1v) is 10.2. The zero-order chi connectivity index (χ0) is 18.6. The van der Waals surface area contributed by atoms with Crippen molar-refractivity contribution in [2.45, 2.75) is 50.9 Å². The van der Waals surface area contributed by atoms with E-state index in [4.69, 9.17) is 4.74 Å². The van der Waals surface area contributed by atoms with E-state index in [0.717, 1.165) is 31.7 Å². The van der Waals surface area contributed by atoms with Crippen LogP contribution >= 0.6 is 0 Å². The van der Waals surface area contributed by atoms with E-state index in [-0.39, 0.29) is 0 Å². The molecule has 2 aromatic rings. The number of benzene rings is 2. The molecule has 1 unspecified atom stereocenters. The van der Waals surface area contributed by atoms with E-state index in [0.29, 0.717) is 24.5 Å². The van der Waals surface area contributed by atoms with Gasteiger partial charge in [0.05, 0.1) is 7.11 Å². The van der Waals surface area contributed by atoms with Crippen LogP contribution in [0.4, 0.5) is 0 Å². The summed E-state index contributed by atoms with van der Waals surface area (Å²) in [6.45, 7) is 2.04. The number of hydrogen-bond acceptors (Lipinski definition) is 3. The quantitative estimate of drug-likeness (QED) is 0.756. The largest absolute Gasteiger partial charge is 0.496 e. The van der Waals surface area contributed by atoms with Crippen molar-refractivity contribution < 1.29 is 9.53 Å². The molecule has 2 aliphatic rings. The van der Waals surface area contributed by atoms with E-state index in [1.54, 1.807) is 7.11 Å². The second kappa shape index (κ2) is 8.26. The lowest BCUT2D eigenvalue weighted by molar-refractivity contribution is -0.117. The van der Waals surface area contributed by atoms with Gasteiger partial charge in [-0.2, -0.15) is 0 Å². The molecule has 142 valence electrons. The summed E-state index contributed by atoms with van der Waals surface area (Å²) >= 11 is 0. The van der Waals surface area contributed by atoms with Gasteiger partial charge in [0.15, 0.2) is 0 Å². The second-order valence-electron chi connectivity index (χ2n) is 7.90. The van der Waals surface area contributed by atoms with E-state index in [1.807, 2.05) is 0 Å². The minimum Gasteiger partial charge on any atom is -0.496 e. The van der Waals surface area contributed by atoms with Gasteiger partial charge < -0.3 is 10.1 Å². The van der Waals surface area contributed by atoms with E-state index < -0.39 is 0 Å². The Balaban J connectivity index is 1.26. The summed E-state index contributed by atoms with van der Waals surface area (Å²) in [5.41, 5.74) is 6.71. The highest BCUT2D eigenvalue weighted by molar-refractivity contribution is 5.87. The van der Waals surface area contributed by atoms with Gasteiger partial charge in [0.1, 0.15) is 11.5 Å². The maximum atomic E-state index is 11.6. The Morgan fingerprint density at radius 2 is 2.00 bits per heavy atom. The number of ketones is 1. The van der Waals surface area contributed by atoms with Crippen LogP contribution in [0, 0.1) is 0 Å². The zero-order valence-corrected chi connectivity index (χ0v) is 16.2. The van der Waals surface area contributed by atoms with Crippen LogP contribution in [0.15, 0.2) is 36.4 Å². The van der Waals surface area contributed by atoms with E-state index in [2.05, 4.69) is 41.7 Å². The molecular formula is C24H29NO2. The maximum absolute atomic E-state index is 11.6. The number of fused-ring (bicyclic) bond motifs is 2. The van der Waals surface area contributed by atoms with Crippen LogP contribution in [0.2, 0.25) is 0 Å². The summed E-state index contributed by atoms with van der Waals surface area (Å²) in [6.07, 6.45) is 7.13. The molecule has 0 spiro atoms. The highest BCUT2D eigenvalue weighted by Crippen LogP contribution is 2.38. The SMILES string of the molecule is COc1cccc2c1CCCC2CCNCCc1ccc2c(c1)CC(=O)C2. The molecule has 0 radical (unpaired) electrons. The molecule has 3 nitrogen and oxygen atoms in total. The lowest BCUT2D eigenvalue weighted by Gasteiger charge is -2.27. The van der Waals surface area contributed by atoms with Gasteiger partial charge in [0, 0.05) is 12.8 Å². The third-order valence-corrected chi connectivity index (χ3v) is 6.11. The van der Waals surface area contributed by atoms with Gasteiger partial charge in [-0.3, -0.25) is 4.79 Å². The predicted molar refractivity (Wildman–Crippen MR) is 109 cm³/mol. The average molecular weight is 364 g/mol. The highest BCUT2D eigenvalue weighted by atomic mass is 16.5. The highest BCUT2D eigenvalue weighted by Gasteiger charge is 2.22. The standard InChI is InChI=1S/C24H29NO2/c1-27-24-7-3-5-22-18(4-2-6-23(22)24)11-13-25-12-10-17-8-9-19-15-21(26)16-20(19)14-17/h3,5,7-9,14,18,25H,2,4,6,10-13,15-16H2,1H3. The fourth-order valence-corrected chi connectivity index (χ4v) is 4.70. The molecule has 4 rings (SSSR count). The summed E-state index contributed by atoms with van der Waals surface area (Å²) in [5.74, 6) is 2.05. The van der Waals surface area contributed by atoms with Crippen molar-refractivity contribution in [1.82, 2.24) is 5.32 Å². The Labute approximate surface area is 162 Å². The van der Waals surface area contributed by atoms with Crippen molar-refractivity contribution in [2.75, 3.05) is 20.2 Å². The van der Waals surface area contributed by atoms with E-state index in [1.165, 1.54) is 47.1 Å². The molecule has 2 aliphatic carbocycles. The minimum atomic E-state index is 0.352. The summed E-state index contributed by atoms with van der Waals surface area (Å²) < 4.78 is 5.55. The van der Waals surface area contributed by atoms with Gasteiger partial charge in [-0.05, 0) is 85.0 Å². The fraction of sp³-hybridized carbons (Fsp3) is 0.458. The van der Waals surface area contributed by atoms with Crippen molar-refractivity contribution >= 4 is 5.78 Å². The van der Waals surface area contributed by atoms with Gasteiger partial charge in [-0.25, -0.2) is 0 Å². The Kier molecular flexibility index (Phi) is 5.58. The summed E-state index contributed by atoms with van der Waals surface area (Å²) in [5, 5.41) is 3.62. The van der Waals surface area contributed by atoms with Gasteiger partial charge in [0.2, 0.25) is 0 Å². The molecule has 0 aliphatic heterocycles. The zero-order valence-electron chi connectivity index (χ0n) is 16.2. The Hall–Kier alpha value is -2.13. The van der Waals surface area contributed by atoms with Gasteiger partial charge in [-0.15, -0.1) is 0 Å². The van der Waals surface area contributed by atoms with Crippen molar-refractivity contribution in [3.8, 4) is 5.75 Å². The number of carbonyl (C=O) groups excluding carboxylic acids is 1. The Morgan fingerprint density at radius 1 is 1.11 bits per heavy atom. The normalized spacial score (nSPS) is 18.3. The van der Waals surface area contributed by atoms with Gasteiger partial charge >= 0.3 is 0 Å². The molecule has 0 saturated heterocycles. The molecule has 0 fully saturated rings. The molecule has 0 bridgehead atoms. The van der Waals surface area contributed by atoms with Crippen molar-refractivity contribution in [3.63, 3.8) is 0 Å². The van der Waals surface area contributed by atoms with Crippen molar-refractivity contribution in [1.29, 1.82) is 0 Å². The second-order valence-corrected chi connectivity index (χ2v) is 7.90. The van der Waals surface area contributed by atoms with Crippen LogP contribution in [-0.2, 0) is 30.5 Å². The van der Waals surface area contributed by atoms with Crippen LogP contribution in [0.5, 0.6) is 5.75 Å². The molecule has 0 amide bonds. The third-order valence-electron chi connectivity index (χ3n) is 6.11. The lowest BCUT2D eigenvalue weighted by atomic mass is 9.80. The molecule has 2 aromatic carbocycles. The maximum Gasteiger partial charge on any atom is 0.141 e. The summed E-state index contributed by atoms with van der Waals surface area (Å²) in [6, 6.07) is 13.1. The Bertz CT molecular complexity index is 827. The summed E-state index contributed by atoms with van der Waals surface area (Å²) in [7, 11) is 1.77. The molecular weight excluding hydrogens is 334 g/mol. The molecule has 27 heavy (non-hydrogen) atoms. The van der Waals surface area contributed by atoms with Gasteiger partial charge in [-0.1, -0.05) is 30.3 Å². The first-order valence-electron chi connectivity index (χ1n) is 10.2. The van der Waals surface area contributed by atoms with E-state index in [9.17, 15) is 4.79 Å². The van der Waals surface area contributed by atoms with Crippen LogP contribution in [-0.4, -0.2) is 26.0 Å². The third kappa shape index (κ3) is 4.08. The van der Waals surface area contributed by atoms with Gasteiger partial charge in [0.25, 0.3) is 0 Å². The van der Waals surface area contributed by atoms with Crippen LogP contribution in [0.1, 0.15) is 53.0 Å². The number of ether oxygens (including phenoxy) is 1. The monoisotopic (exact) mass is 363 g/mol. The lowest BCUT2D eigenvalue weighted by Crippen LogP contribution is -2.22. The molecule has 3 heteroatoms. The molecule has 0 heterocycles. The minimum absolute atomic E-state index is 0.352. The molecule has 1 atom stereocenters. The van der Waals surface area contributed by atoms with Crippen LogP contribution in [0.25, 0.3) is 0 Å². The first kappa shape index (κ1) is 18.2. The number of hydrogen-bond donors (Lipinski definition) is 1. The topological polar surface area (TPSA) is 38.3 Å². The average Bonchev–Trinajstić information content (AvgIpc) is 3.06. The first-order chi connectivity index (χ1) is 13.2. The molecule has 0 saturated carbocycles. The number of nitrogens with one attached hydrogen (secondary N) is 1. The van der Waals surface area contributed by atoms with Crippen molar-refractivity contribution in [3.05, 3.63) is 64.2 Å². The summed E-state index contributed by atoms with van der Waals surface area (Å²) in [4.78, 5) is 11.6. The number of carbonyl (C=O) groups is 1. The van der Waals surface area contributed by atoms with Crippen LogP contribution in [0.3, 0.4) is 0 Å². The van der Waals surface area contributed by atoms with E-state index >= 15 is 0 Å². The number of rotatable bonds is 7. The molecule has 1 N–H and O–H groups in total. The predicted octanol–water partition coefficient (Wildman–Crippen LogP) is 4.01. The number of Topliss-reactive ketones (excluding diaryl/α,β-unsaturated/α-hetero) is 1. The van der Waals surface area contributed by atoms with Crippen LogP contribution < -0.4 is 10.1 Å². The Morgan fingerprint density at radius 3 is 2.89 bits per heavy atom. The van der Waals surface area contributed by atoms with Crippen molar-refractivity contribution in [2.24, 2.45) is 0 Å². The smallest absolute Gasteiger partial charge is 0.141 e. The number of methoxy groups -OCH3 is 1.